The molecule has 0 heterocycles. The van der Waals surface area contributed by atoms with Crippen molar-refractivity contribution in [1.29, 1.82) is 0 Å². The van der Waals surface area contributed by atoms with Crippen molar-refractivity contribution in [2.24, 2.45) is 0 Å². The third-order valence-corrected chi connectivity index (χ3v) is 2.81. The maximum absolute atomic E-state index is 13.0. The highest BCUT2D eigenvalue weighted by molar-refractivity contribution is 7.90. The highest BCUT2D eigenvalue weighted by Gasteiger charge is 2.14. The van der Waals surface area contributed by atoms with E-state index in [1.54, 1.807) is 0 Å². The number of esters is 1. The molecule has 0 radical (unpaired) electrons. The lowest BCUT2D eigenvalue weighted by Crippen LogP contribution is -2.05. The number of rotatable bonds is 2. The van der Waals surface area contributed by atoms with Gasteiger partial charge in [0, 0.05) is 6.26 Å². The molecule has 0 unspecified atom stereocenters. The summed E-state index contributed by atoms with van der Waals surface area (Å²) < 4.78 is 39.6. The van der Waals surface area contributed by atoms with Crippen LogP contribution in [0.15, 0.2) is 23.1 Å². The highest BCUT2D eigenvalue weighted by atomic mass is 32.2. The predicted molar refractivity (Wildman–Crippen MR) is 50.8 cm³/mol. The molecule has 1 aromatic carbocycles. The number of ether oxygens (including phenoxy) is 1. The second-order valence-corrected chi connectivity index (χ2v) is 4.96. The quantitative estimate of drug-likeness (QED) is 0.714. The van der Waals surface area contributed by atoms with Gasteiger partial charge < -0.3 is 4.74 Å². The first-order valence-electron chi connectivity index (χ1n) is 3.93. The molecule has 0 saturated heterocycles. The highest BCUT2D eigenvalue weighted by Crippen LogP contribution is 2.14. The second kappa shape index (κ2) is 3.98. The van der Waals surface area contributed by atoms with E-state index in [-0.39, 0.29) is 10.5 Å². The van der Waals surface area contributed by atoms with Gasteiger partial charge in [-0.3, -0.25) is 0 Å². The van der Waals surface area contributed by atoms with Crippen molar-refractivity contribution in [3.8, 4) is 0 Å². The molecule has 0 amide bonds. The molecular formula is C9H9FO4S. The van der Waals surface area contributed by atoms with E-state index in [1.165, 1.54) is 0 Å². The minimum atomic E-state index is -3.54. The summed E-state index contributed by atoms with van der Waals surface area (Å²) in [6, 6.07) is 2.84. The number of methoxy groups -OCH3 is 1. The normalized spacial score (nSPS) is 11.1. The second-order valence-electron chi connectivity index (χ2n) is 2.94. The monoisotopic (exact) mass is 232 g/mol. The Morgan fingerprint density at radius 2 is 1.93 bits per heavy atom. The number of hydrogen-bond donors (Lipinski definition) is 0. The summed E-state index contributed by atoms with van der Waals surface area (Å²) in [6.07, 6.45) is 0.933. The number of carbonyl (C=O) groups is 1. The summed E-state index contributed by atoms with van der Waals surface area (Å²) in [5, 5.41) is 0. The van der Waals surface area contributed by atoms with Crippen LogP contribution in [0.3, 0.4) is 0 Å². The molecule has 0 fully saturated rings. The average Bonchev–Trinajstić information content (AvgIpc) is 2.14. The van der Waals surface area contributed by atoms with Crippen LogP contribution < -0.4 is 0 Å². The van der Waals surface area contributed by atoms with E-state index in [9.17, 15) is 17.6 Å². The van der Waals surface area contributed by atoms with Gasteiger partial charge in [-0.2, -0.15) is 0 Å². The Bertz CT molecular complexity index is 493. The van der Waals surface area contributed by atoms with Gasteiger partial charge in [0.25, 0.3) is 0 Å². The Balaban J connectivity index is 3.35. The lowest BCUT2D eigenvalue weighted by molar-refractivity contribution is 0.0600. The SMILES string of the molecule is COC(=O)c1cc(F)cc(S(C)(=O)=O)c1. The summed E-state index contributed by atoms with van der Waals surface area (Å²) in [6.45, 7) is 0. The third kappa shape index (κ3) is 2.76. The number of hydrogen-bond acceptors (Lipinski definition) is 4. The fourth-order valence-corrected chi connectivity index (χ4v) is 1.68. The van der Waals surface area contributed by atoms with E-state index in [2.05, 4.69) is 4.74 Å². The Morgan fingerprint density at radius 1 is 1.33 bits per heavy atom. The largest absolute Gasteiger partial charge is 0.465 e. The fraction of sp³-hybridized carbons (Fsp3) is 0.222. The van der Waals surface area contributed by atoms with E-state index in [0.717, 1.165) is 31.6 Å². The van der Waals surface area contributed by atoms with Crippen LogP contribution in [-0.4, -0.2) is 27.8 Å². The fourth-order valence-electron chi connectivity index (χ4n) is 1.01. The molecule has 0 spiro atoms. The van der Waals surface area contributed by atoms with Crippen molar-refractivity contribution in [3.05, 3.63) is 29.6 Å². The van der Waals surface area contributed by atoms with Crippen LogP contribution in [0, 0.1) is 5.82 Å². The molecule has 4 nitrogen and oxygen atoms in total. The number of benzene rings is 1. The van der Waals surface area contributed by atoms with Gasteiger partial charge >= 0.3 is 5.97 Å². The molecule has 0 N–H and O–H groups in total. The maximum atomic E-state index is 13.0. The molecule has 0 aliphatic heterocycles. The van der Waals surface area contributed by atoms with E-state index in [4.69, 9.17) is 0 Å². The van der Waals surface area contributed by atoms with Crippen molar-refractivity contribution < 1.29 is 22.3 Å². The van der Waals surface area contributed by atoms with E-state index in [0.29, 0.717) is 0 Å². The van der Waals surface area contributed by atoms with Crippen LogP contribution >= 0.6 is 0 Å². The van der Waals surface area contributed by atoms with Gasteiger partial charge in [0.1, 0.15) is 5.82 Å². The van der Waals surface area contributed by atoms with Crippen molar-refractivity contribution in [1.82, 2.24) is 0 Å². The van der Waals surface area contributed by atoms with Crippen molar-refractivity contribution >= 4 is 15.8 Å². The molecular weight excluding hydrogens is 223 g/mol. The Kier molecular flexibility index (Phi) is 3.09. The number of sulfone groups is 1. The minimum absolute atomic E-state index is 0.127. The first-order valence-corrected chi connectivity index (χ1v) is 5.82. The topological polar surface area (TPSA) is 60.4 Å². The average molecular weight is 232 g/mol. The molecule has 15 heavy (non-hydrogen) atoms. The van der Waals surface area contributed by atoms with Crippen molar-refractivity contribution in [3.63, 3.8) is 0 Å². The Hall–Kier alpha value is -1.43. The number of halogens is 1. The summed E-state index contributed by atoms with van der Waals surface area (Å²) in [5.41, 5.74) is -0.127. The Morgan fingerprint density at radius 3 is 2.40 bits per heavy atom. The van der Waals surface area contributed by atoms with Crippen LogP contribution in [0.4, 0.5) is 4.39 Å². The van der Waals surface area contributed by atoms with Crippen LogP contribution in [-0.2, 0) is 14.6 Å². The van der Waals surface area contributed by atoms with Crippen LogP contribution in [0.1, 0.15) is 10.4 Å². The Labute approximate surface area is 86.6 Å². The molecule has 6 heteroatoms. The van der Waals surface area contributed by atoms with E-state index >= 15 is 0 Å². The van der Waals surface area contributed by atoms with E-state index in [1.807, 2.05) is 0 Å². The van der Waals surface area contributed by atoms with Gasteiger partial charge in [-0.1, -0.05) is 0 Å². The summed E-state index contributed by atoms with van der Waals surface area (Å²) in [7, 11) is -2.41. The zero-order valence-corrected chi connectivity index (χ0v) is 8.97. The minimum Gasteiger partial charge on any atom is -0.465 e. The first-order chi connectivity index (χ1) is 6.84. The standard InChI is InChI=1S/C9H9FO4S/c1-14-9(11)6-3-7(10)5-8(4-6)15(2,12)13/h3-5H,1-2H3. The smallest absolute Gasteiger partial charge is 0.337 e. The van der Waals surface area contributed by atoms with Crippen LogP contribution in [0.5, 0.6) is 0 Å². The van der Waals surface area contributed by atoms with Crippen LogP contribution in [0.25, 0.3) is 0 Å². The molecule has 82 valence electrons. The summed E-state index contributed by atoms with van der Waals surface area (Å²) in [4.78, 5) is 10.8. The van der Waals surface area contributed by atoms with Gasteiger partial charge in [0.05, 0.1) is 17.6 Å². The van der Waals surface area contributed by atoms with Gasteiger partial charge in [-0.15, -0.1) is 0 Å². The third-order valence-electron chi connectivity index (χ3n) is 1.72. The summed E-state index contributed by atoms with van der Waals surface area (Å²) in [5.74, 6) is -1.57. The van der Waals surface area contributed by atoms with E-state index < -0.39 is 21.6 Å². The van der Waals surface area contributed by atoms with Crippen LogP contribution in [0.2, 0.25) is 0 Å². The van der Waals surface area contributed by atoms with Gasteiger partial charge in [-0.05, 0) is 18.2 Å². The molecule has 0 bridgehead atoms. The van der Waals surface area contributed by atoms with Crippen molar-refractivity contribution in [2.45, 2.75) is 4.90 Å². The molecule has 0 aromatic heterocycles. The molecule has 0 aliphatic rings. The first kappa shape index (κ1) is 11.6. The van der Waals surface area contributed by atoms with Crippen molar-refractivity contribution in [2.75, 3.05) is 13.4 Å². The lowest BCUT2D eigenvalue weighted by atomic mass is 10.2. The molecule has 1 rings (SSSR count). The van der Waals surface area contributed by atoms with Gasteiger partial charge in [0.2, 0.25) is 0 Å². The zero-order chi connectivity index (χ0) is 11.6. The number of carbonyl (C=O) groups excluding carboxylic acids is 1. The summed E-state index contributed by atoms with van der Waals surface area (Å²) >= 11 is 0. The molecule has 0 aliphatic carbocycles. The van der Waals surface area contributed by atoms with Gasteiger partial charge in [0.15, 0.2) is 9.84 Å². The lowest BCUT2D eigenvalue weighted by Gasteiger charge is -2.02. The zero-order valence-electron chi connectivity index (χ0n) is 8.15. The molecule has 0 atom stereocenters. The molecule has 0 saturated carbocycles. The van der Waals surface area contributed by atoms with Gasteiger partial charge in [-0.25, -0.2) is 17.6 Å². The molecule has 1 aromatic rings. The maximum Gasteiger partial charge on any atom is 0.337 e. The predicted octanol–water partition coefficient (Wildman–Crippen LogP) is 1.02.